The van der Waals surface area contributed by atoms with Crippen LogP contribution in [0.15, 0.2) is 0 Å². The second-order valence-electron chi connectivity index (χ2n) is 0.866. The van der Waals surface area contributed by atoms with Gasteiger partial charge in [0.25, 0.3) is 0 Å². The molecule has 0 aromatic carbocycles. The summed E-state index contributed by atoms with van der Waals surface area (Å²) in [5.41, 5.74) is 0. The Hall–Kier alpha value is 0.568. The van der Waals surface area contributed by atoms with Crippen LogP contribution in [0.3, 0.4) is 0 Å². The van der Waals surface area contributed by atoms with Gasteiger partial charge < -0.3 is 15.3 Å². The largest absolute Gasteiger partial charge is 3.00 e. The van der Waals surface area contributed by atoms with E-state index in [0.29, 0.717) is 0 Å². The van der Waals surface area contributed by atoms with Crippen LogP contribution in [0.5, 0.6) is 0 Å². The molecular formula is C6H15MoO3. The average molecular weight is 231 g/mol. The van der Waals surface area contributed by atoms with Crippen LogP contribution in [0.1, 0.15) is 20.8 Å². The fourth-order valence-electron chi connectivity index (χ4n) is 0. The van der Waals surface area contributed by atoms with E-state index in [1.54, 1.807) is 20.8 Å². The summed E-state index contributed by atoms with van der Waals surface area (Å²) in [6.07, 6.45) is 0. The third-order valence-corrected chi connectivity index (χ3v) is 0. The van der Waals surface area contributed by atoms with Crippen molar-refractivity contribution in [2.45, 2.75) is 20.8 Å². The van der Waals surface area contributed by atoms with Crippen molar-refractivity contribution in [2.75, 3.05) is 19.8 Å². The van der Waals surface area contributed by atoms with Crippen molar-refractivity contribution in [3.63, 3.8) is 0 Å². The quantitative estimate of drug-likeness (QED) is 0.457. The third kappa shape index (κ3) is 1520. The maximum atomic E-state index is 8.93. The van der Waals surface area contributed by atoms with E-state index in [1.165, 1.54) is 0 Å². The molecule has 0 aromatic heterocycles. The summed E-state index contributed by atoms with van der Waals surface area (Å²) in [6, 6.07) is 0. The second kappa shape index (κ2) is 55.2. The molecule has 0 heterocycles. The van der Waals surface area contributed by atoms with Gasteiger partial charge in [0.15, 0.2) is 0 Å². The Balaban J connectivity index is -0.0000000257. The van der Waals surface area contributed by atoms with Crippen molar-refractivity contribution in [1.29, 1.82) is 0 Å². The topological polar surface area (TPSA) is 69.2 Å². The van der Waals surface area contributed by atoms with Crippen molar-refractivity contribution >= 4 is 0 Å². The van der Waals surface area contributed by atoms with Crippen molar-refractivity contribution in [2.24, 2.45) is 0 Å². The average Bonchev–Trinajstić information content (AvgIpc) is 1.70. The predicted octanol–water partition coefficient (Wildman–Crippen LogP) is -1.90. The van der Waals surface area contributed by atoms with Gasteiger partial charge in [-0.3, -0.25) is 0 Å². The first-order valence-corrected chi connectivity index (χ1v) is 2.99. The van der Waals surface area contributed by atoms with Crippen molar-refractivity contribution in [3.8, 4) is 0 Å². The Morgan fingerprint density at radius 3 is 0.700 bits per heavy atom. The normalized spacial score (nSPS) is 5.40. The molecule has 0 spiro atoms. The molecule has 10 heavy (non-hydrogen) atoms. The van der Waals surface area contributed by atoms with E-state index < -0.39 is 0 Å². The first kappa shape index (κ1) is 22.4. The molecule has 0 saturated heterocycles. The molecule has 3 nitrogen and oxygen atoms in total. The number of rotatable bonds is 0. The minimum Gasteiger partial charge on any atom is -0.855 e. The van der Waals surface area contributed by atoms with Gasteiger partial charge in [-0.25, -0.2) is 0 Å². The van der Waals surface area contributed by atoms with Gasteiger partial charge in [-0.1, -0.05) is 20.8 Å². The van der Waals surface area contributed by atoms with E-state index in [1.807, 2.05) is 0 Å². The number of hydrogen-bond acceptors (Lipinski definition) is 3. The molecule has 4 heteroatoms. The van der Waals surface area contributed by atoms with Crippen molar-refractivity contribution in [3.05, 3.63) is 0 Å². The molecule has 0 aliphatic heterocycles. The van der Waals surface area contributed by atoms with Crippen LogP contribution >= 0.6 is 0 Å². The first-order valence-electron chi connectivity index (χ1n) is 2.99. The van der Waals surface area contributed by atoms with Gasteiger partial charge >= 0.3 is 21.1 Å². The molecular weight excluding hydrogens is 216 g/mol. The molecule has 0 aliphatic rings. The van der Waals surface area contributed by atoms with Crippen molar-refractivity contribution in [1.82, 2.24) is 0 Å². The Bertz CT molecular complexity index is 17.7. The standard InChI is InChI=1S/3C2H5O.Mo/c3*1-2-3;/h3*2H2,1H3;/q3*-1;+3. The zero-order valence-corrected chi connectivity index (χ0v) is 8.76. The van der Waals surface area contributed by atoms with Crippen LogP contribution in [0.25, 0.3) is 0 Å². The number of hydrogen-bond donors (Lipinski definition) is 0. The van der Waals surface area contributed by atoms with E-state index in [4.69, 9.17) is 15.3 Å². The van der Waals surface area contributed by atoms with Crippen LogP contribution in [0, 0.1) is 0 Å². The van der Waals surface area contributed by atoms with Crippen LogP contribution in [0.2, 0.25) is 0 Å². The summed E-state index contributed by atoms with van der Waals surface area (Å²) in [4.78, 5) is 0. The Morgan fingerprint density at radius 1 is 0.700 bits per heavy atom. The predicted molar refractivity (Wildman–Crippen MR) is 31.6 cm³/mol. The van der Waals surface area contributed by atoms with Crippen LogP contribution in [-0.2, 0) is 21.1 Å². The van der Waals surface area contributed by atoms with E-state index in [-0.39, 0.29) is 40.9 Å². The van der Waals surface area contributed by atoms with Crippen molar-refractivity contribution < 1.29 is 36.4 Å². The van der Waals surface area contributed by atoms with E-state index in [0.717, 1.165) is 0 Å². The minimum absolute atomic E-state index is 0. The monoisotopic (exact) mass is 233 g/mol. The summed E-state index contributed by atoms with van der Waals surface area (Å²) in [7, 11) is 0. The maximum Gasteiger partial charge on any atom is 3.00 e. The Kier molecular flexibility index (Phi) is 124. The fraction of sp³-hybridized carbons (Fsp3) is 1.00. The summed E-state index contributed by atoms with van der Waals surface area (Å²) in [6.45, 7) is 4.71. The molecule has 0 rings (SSSR count). The van der Waals surface area contributed by atoms with Gasteiger partial charge in [0, 0.05) is 0 Å². The van der Waals surface area contributed by atoms with E-state index >= 15 is 0 Å². The van der Waals surface area contributed by atoms with Gasteiger partial charge in [-0.2, -0.15) is 0 Å². The molecule has 1 radical (unpaired) electrons. The SMILES string of the molecule is CC[O-].CC[O-].CC[O-].[Mo+3]. The first-order chi connectivity index (χ1) is 4.24. The molecule has 0 aliphatic carbocycles. The second-order valence-corrected chi connectivity index (χ2v) is 0.866. The van der Waals surface area contributed by atoms with Gasteiger partial charge in [0.1, 0.15) is 0 Å². The smallest absolute Gasteiger partial charge is 0.855 e. The maximum absolute atomic E-state index is 8.93. The molecule has 0 unspecified atom stereocenters. The van der Waals surface area contributed by atoms with Crippen LogP contribution < -0.4 is 15.3 Å². The van der Waals surface area contributed by atoms with Gasteiger partial charge in [-0.05, 0) is 0 Å². The van der Waals surface area contributed by atoms with E-state index in [9.17, 15) is 0 Å². The molecule has 0 bridgehead atoms. The molecule has 0 aromatic rings. The zero-order valence-electron chi connectivity index (χ0n) is 6.75. The van der Waals surface area contributed by atoms with Gasteiger partial charge in [-0.15, -0.1) is 19.8 Å². The Morgan fingerprint density at radius 2 is 0.700 bits per heavy atom. The summed E-state index contributed by atoms with van der Waals surface area (Å²) >= 11 is 0. The molecule has 0 amide bonds. The minimum atomic E-state index is 0. The molecule has 0 fully saturated rings. The Labute approximate surface area is 77.3 Å². The van der Waals surface area contributed by atoms with Crippen LogP contribution in [-0.4, -0.2) is 19.8 Å². The van der Waals surface area contributed by atoms with Gasteiger partial charge in [0.05, 0.1) is 0 Å². The zero-order chi connectivity index (χ0) is 8.12. The van der Waals surface area contributed by atoms with Crippen LogP contribution in [0.4, 0.5) is 0 Å². The summed E-state index contributed by atoms with van der Waals surface area (Å²) in [5.74, 6) is 0. The third-order valence-electron chi connectivity index (χ3n) is 0. The molecule has 0 atom stereocenters. The molecule has 0 saturated carbocycles. The summed E-state index contributed by atoms with van der Waals surface area (Å²) < 4.78 is 0. The molecule has 63 valence electrons. The molecule has 0 N–H and O–H groups in total. The van der Waals surface area contributed by atoms with E-state index in [2.05, 4.69) is 0 Å². The summed E-state index contributed by atoms with van der Waals surface area (Å²) in [5, 5.41) is 26.8. The fourth-order valence-corrected chi connectivity index (χ4v) is 0. The van der Waals surface area contributed by atoms with Gasteiger partial charge in [0.2, 0.25) is 0 Å².